The van der Waals surface area contributed by atoms with Crippen LogP contribution in [0.4, 0.5) is 0 Å². The topological polar surface area (TPSA) is 46.1 Å². The minimum atomic E-state index is 0. The number of rotatable bonds is 5. The Morgan fingerprint density at radius 1 is 1.35 bits per heavy atom. The molecular weight excluding hydrogens is 441 g/mol. The molecule has 1 aromatic rings. The summed E-state index contributed by atoms with van der Waals surface area (Å²) >= 11 is 0. The van der Waals surface area contributed by atoms with Gasteiger partial charge in [0.1, 0.15) is 5.75 Å². The molecule has 1 aromatic carbocycles. The van der Waals surface area contributed by atoms with Crippen LogP contribution in [-0.2, 0) is 11.3 Å². The second-order valence-corrected chi connectivity index (χ2v) is 7.67. The lowest BCUT2D eigenvalue weighted by molar-refractivity contribution is -0.107. The van der Waals surface area contributed by atoms with Crippen molar-refractivity contribution < 1.29 is 9.47 Å². The standard InChI is InChI=1S/C20H31N3O2.HI/c1-6-24-15-9-7-14(8-10-15)13-23(5)19(21-4)22-17-16-11-12-25-18(16)20(17,2)3;/h7-10,16-18H,6,11-13H2,1-5H3,(H,21,22);1H. The van der Waals surface area contributed by atoms with Crippen LogP contribution in [0.2, 0.25) is 0 Å². The van der Waals surface area contributed by atoms with Gasteiger partial charge in [0.15, 0.2) is 5.96 Å². The molecule has 1 saturated heterocycles. The van der Waals surface area contributed by atoms with E-state index in [-0.39, 0.29) is 29.4 Å². The summed E-state index contributed by atoms with van der Waals surface area (Å²) in [4.78, 5) is 6.67. The van der Waals surface area contributed by atoms with Gasteiger partial charge in [0, 0.05) is 44.6 Å². The van der Waals surface area contributed by atoms with Crippen LogP contribution in [-0.4, -0.2) is 50.3 Å². The zero-order valence-electron chi connectivity index (χ0n) is 16.5. The quantitative estimate of drug-likeness (QED) is 0.404. The zero-order valence-corrected chi connectivity index (χ0v) is 18.8. The van der Waals surface area contributed by atoms with Crippen molar-refractivity contribution in [3.05, 3.63) is 29.8 Å². The number of nitrogens with zero attached hydrogens (tertiary/aromatic N) is 2. The van der Waals surface area contributed by atoms with Gasteiger partial charge in [-0.1, -0.05) is 26.0 Å². The van der Waals surface area contributed by atoms with E-state index in [9.17, 15) is 0 Å². The largest absolute Gasteiger partial charge is 0.494 e. The molecular formula is C20H32IN3O2. The molecule has 3 unspecified atom stereocenters. The number of fused-ring (bicyclic) bond motifs is 1. The number of ether oxygens (including phenoxy) is 2. The minimum absolute atomic E-state index is 0. The van der Waals surface area contributed by atoms with E-state index in [1.165, 1.54) is 5.56 Å². The highest BCUT2D eigenvalue weighted by molar-refractivity contribution is 14.0. The summed E-state index contributed by atoms with van der Waals surface area (Å²) in [5.74, 6) is 2.46. The van der Waals surface area contributed by atoms with E-state index in [2.05, 4.69) is 48.2 Å². The average molecular weight is 473 g/mol. The molecule has 26 heavy (non-hydrogen) atoms. The van der Waals surface area contributed by atoms with Crippen LogP contribution in [0, 0.1) is 11.3 Å². The van der Waals surface area contributed by atoms with Crippen LogP contribution in [0.3, 0.4) is 0 Å². The van der Waals surface area contributed by atoms with E-state index in [4.69, 9.17) is 9.47 Å². The van der Waals surface area contributed by atoms with Gasteiger partial charge in [-0.25, -0.2) is 0 Å². The van der Waals surface area contributed by atoms with E-state index < -0.39 is 0 Å². The van der Waals surface area contributed by atoms with Gasteiger partial charge in [0.2, 0.25) is 0 Å². The van der Waals surface area contributed by atoms with Crippen molar-refractivity contribution in [1.82, 2.24) is 10.2 Å². The van der Waals surface area contributed by atoms with Crippen molar-refractivity contribution in [2.75, 3.05) is 27.3 Å². The fraction of sp³-hybridized carbons (Fsp3) is 0.650. The van der Waals surface area contributed by atoms with Gasteiger partial charge in [-0.15, -0.1) is 24.0 Å². The van der Waals surface area contributed by atoms with Gasteiger partial charge in [-0.2, -0.15) is 0 Å². The van der Waals surface area contributed by atoms with Crippen molar-refractivity contribution in [2.24, 2.45) is 16.3 Å². The summed E-state index contributed by atoms with van der Waals surface area (Å²) < 4.78 is 11.4. The van der Waals surface area contributed by atoms with E-state index >= 15 is 0 Å². The normalized spacial score (nSPS) is 26.3. The van der Waals surface area contributed by atoms with Crippen LogP contribution >= 0.6 is 24.0 Å². The molecule has 0 bridgehead atoms. The fourth-order valence-corrected chi connectivity index (χ4v) is 4.31. The maximum Gasteiger partial charge on any atom is 0.193 e. The van der Waals surface area contributed by atoms with Crippen molar-refractivity contribution in [1.29, 1.82) is 0 Å². The molecule has 0 aromatic heterocycles. The number of benzene rings is 1. The van der Waals surface area contributed by atoms with Crippen LogP contribution in [0.25, 0.3) is 0 Å². The minimum Gasteiger partial charge on any atom is -0.494 e. The molecule has 1 heterocycles. The summed E-state index contributed by atoms with van der Waals surface area (Å²) in [6.07, 6.45) is 1.53. The molecule has 3 rings (SSSR count). The highest BCUT2D eigenvalue weighted by Crippen LogP contribution is 2.52. The zero-order chi connectivity index (χ0) is 18.0. The molecule has 5 nitrogen and oxygen atoms in total. The Morgan fingerprint density at radius 2 is 2.04 bits per heavy atom. The Morgan fingerprint density at radius 3 is 2.65 bits per heavy atom. The van der Waals surface area contributed by atoms with Gasteiger partial charge >= 0.3 is 0 Å². The lowest BCUT2D eigenvalue weighted by atomic mass is 9.57. The van der Waals surface area contributed by atoms with E-state index in [0.29, 0.717) is 24.7 Å². The second-order valence-electron chi connectivity index (χ2n) is 7.67. The Kier molecular flexibility index (Phi) is 7.19. The molecule has 3 atom stereocenters. The van der Waals surface area contributed by atoms with Gasteiger partial charge in [0.05, 0.1) is 12.7 Å². The van der Waals surface area contributed by atoms with Crippen molar-refractivity contribution in [3.8, 4) is 5.75 Å². The van der Waals surface area contributed by atoms with Gasteiger partial charge < -0.3 is 19.7 Å². The third kappa shape index (κ3) is 4.11. The molecule has 6 heteroatoms. The predicted octanol–water partition coefficient (Wildman–Crippen LogP) is 3.52. The summed E-state index contributed by atoms with van der Waals surface area (Å²) in [6, 6.07) is 8.70. The maximum absolute atomic E-state index is 5.89. The van der Waals surface area contributed by atoms with Gasteiger partial charge in [0.25, 0.3) is 0 Å². The van der Waals surface area contributed by atoms with Crippen LogP contribution < -0.4 is 10.1 Å². The van der Waals surface area contributed by atoms with Gasteiger partial charge in [-0.3, -0.25) is 4.99 Å². The molecule has 1 N–H and O–H groups in total. The number of hydrogen-bond donors (Lipinski definition) is 1. The molecule has 2 fully saturated rings. The molecule has 0 spiro atoms. The van der Waals surface area contributed by atoms with Crippen LogP contribution in [0.15, 0.2) is 29.3 Å². The molecule has 0 amide bonds. The average Bonchev–Trinajstić information content (AvgIpc) is 3.04. The van der Waals surface area contributed by atoms with E-state index in [1.807, 2.05) is 26.1 Å². The highest BCUT2D eigenvalue weighted by atomic mass is 127. The smallest absolute Gasteiger partial charge is 0.193 e. The number of hydrogen-bond acceptors (Lipinski definition) is 3. The Labute approximate surface area is 174 Å². The number of nitrogens with one attached hydrogen (secondary N) is 1. The SMILES string of the molecule is CCOc1ccc(CN(C)C(=NC)NC2C3CCOC3C2(C)C)cc1.I. The first-order valence-corrected chi connectivity index (χ1v) is 9.25. The second kappa shape index (κ2) is 8.78. The van der Waals surface area contributed by atoms with Crippen molar-refractivity contribution in [2.45, 2.75) is 45.9 Å². The Balaban J connectivity index is 0.00000243. The first-order chi connectivity index (χ1) is 12.0. The molecule has 2 aliphatic rings. The predicted molar refractivity (Wildman–Crippen MR) is 116 cm³/mol. The summed E-state index contributed by atoms with van der Waals surface area (Å²) in [6.45, 7) is 8.97. The Bertz CT molecular complexity index is 618. The Hall–Kier alpha value is -1.02. The molecule has 1 aliphatic carbocycles. The lowest BCUT2D eigenvalue weighted by Gasteiger charge is -2.55. The monoisotopic (exact) mass is 473 g/mol. The molecule has 1 aliphatic heterocycles. The first kappa shape index (κ1) is 21.3. The molecule has 1 saturated carbocycles. The van der Waals surface area contributed by atoms with Gasteiger partial charge in [-0.05, 0) is 31.0 Å². The third-order valence-electron chi connectivity index (χ3n) is 5.61. The van der Waals surface area contributed by atoms with Crippen molar-refractivity contribution >= 4 is 29.9 Å². The van der Waals surface area contributed by atoms with Crippen LogP contribution in [0.5, 0.6) is 5.75 Å². The maximum atomic E-state index is 5.89. The summed E-state index contributed by atoms with van der Waals surface area (Å²) in [5, 5.41) is 3.69. The third-order valence-corrected chi connectivity index (χ3v) is 5.61. The number of aliphatic imine (C=N–C) groups is 1. The lowest BCUT2D eigenvalue weighted by Crippen LogP contribution is -2.67. The van der Waals surface area contributed by atoms with E-state index in [0.717, 1.165) is 31.3 Å². The van der Waals surface area contributed by atoms with Crippen molar-refractivity contribution in [3.63, 3.8) is 0 Å². The van der Waals surface area contributed by atoms with Crippen LogP contribution in [0.1, 0.15) is 32.8 Å². The summed E-state index contributed by atoms with van der Waals surface area (Å²) in [7, 11) is 3.94. The molecule has 146 valence electrons. The number of halogens is 1. The first-order valence-electron chi connectivity index (χ1n) is 9.25. The summed E-state index contributed by atoms with van der Waals surface area (Å²) in [5.41, 5.74) is 1.39. The highest BCUT2D eigenvalue weighted by Gasteiger charge is 2.59. The fourth-order valence-electron chi connectivity index (χ4n) is 4.31. The number of guanidine groups is 1. The van der Waals surface area contributed by atoms with E-state index in [1.54, 1.807) is 0 Å². The molecule has 0 radical (unpaired) electrons.